The number of halogens is 9. The summed E-state index contributed by atoms with van der Waals surface area (Å²) in [6.45, 7) is 0. The number of pyridine rings is 2. The molecule has 0 fully saturated rings. The van der Waals surface area contributed by atoms with E-state index in [1.165, 1.54) is 52.2 Å². The van der Waals surface area contributed by atoms with Crippen molar-refractivity contribution in [2.24, 2.45) is 0 Å². The van der Waals surface area contributed by atoms with Gasteiger partial charge in [0.2, 0.25) is 0 Å². The molecular formula is C31H15F9IrN2S3+. The van der Waals surface area contributed by atoms with E-state index in [2.05, 4.69) is 34.2 Å². The first-order valence-corrected chi connectivity index (χ1v) is 14.9. The maximum atomic E-state index is 12.2. The maximum Gasteiger partial charge on any atom is 3.00 e. The second-order valence-electron chi connectivity index (χ2n) is 8.53. The van der Waals surface area contributed by atoms with Crippen LogP contribution < -0.4 is 0 Å². The molecule has 1 aliphatic rings. The average molecular weight is 875 g/mol. The van der Waals surface area contributed by atoms with E-state index in [4.69, 9.17) is 0 Å². The van der Waals surface area contributed by atoms with Crippen LogP contribution in [-0.4, -0.2) is 16.1 Å². The summed E-state index contributed by atoms with van der Waals surface area (Å²) in [5, 5.41) is 5.42. The number of hydrogen-bond acceptors (Lipinski definition) is 5. The number of aromatic nitrogens is 2. The molecule has 0 aromatic carbocycles. The van der Waals surface area contributed by atoms with Crippen molar-refractivity contribution >= 4 is 39.6 Å². The van der Waals surface area contributed by atoms with Crippen molar-refractivity contribution in [3.05, 3.63) is 135 Å². The molecule has 0 bridgehead atoms. The van der Waals surface area contributed by atoms with Crippen LogP contribution in [0.1, 0.15) is 16.0 Å². The molecule has 238 valence electrons. The zero-order valence-electron chi connectivity index (χ0n) is 22.5. The van der Waals surface area contributed by atoms with Crippen LogP contribution in [0.15, 0.2) is 94.8 Å². The standard InChI is InChI=1S/C11H5F3S.2C10H5F3NS.Ir/c12-11(13,14)9-5-3-8(4-6-9)10-2-1-7-15-10;2*11-10(12,13)7-3-4-8(14-6-7)9-2-1-5-15-9;/h1,3,5-7H;2*1,3-6H;/q;2*-1;+3. The number of allylic oxidation sites excluding steroid dienone is 6. The van der Waals surface area contributed by atoms with E-state index in [1.54, 1.807) is 29.0 Å². The number of thiophene rings is 3. The van der Waals surface area contributed by atoms with E-state index in [-0.39, 0.29) is 20.1 Å². The van der Waals surface area contributed by atoms with Gasteiger partial charge in [0.25, 0.3) is 0 Å². The van der Waals surface area contributed by atoms with Gasteiger partial charge < -0.3 is 9.97 Å². The predicted octanol–water partition coefficient (Wildman–Crippen LogP) is 11.0. The number of alkyl halides is 9. The van der Waals surface area contributed by atoms with Gasteiger partial charge in [0, 0.05) is 18.5 Å². The van der Waals surface area contributed by atoms with Crippen LogP contribution in [0.25, 0.3) is 26.7 Å². The van der Waals surface area contributed by atoms with Gasteiger partial charge in [-0.1, -0.05) is 39.4 Å². The fraction of sp³-hybridized carbons (Fsp3) is 0.0968. The summed E-state index contributed by atoms with van der Waals surface area (Å²) in [5.74, 6) is 0. The molecule has 0 amide bonds. The van der Waals surface area contributed by atoms with Crippen LogP contribution in [0.4, 0.5) is 39.5 Å². The largest absolute Gasteiger partial charge is 3.00 e. The third kappa shape index (κ3) is 10.5. The average Bonchev–Trinajstić information content (AvgIpc) is 3.81. The number of rotatable bonds is 3. The Balaban J connectivity index is 0.000000186. The summed E-state index contributed by atoms with van der Waals surface area (Å²) < 4.78 is 110. The SMILES string of the molecule is FC(F)(F)C1=C[C+]=C(c2[c-]ccs2)C=C1.FC(F)(F)c1ccc(-c2[c-]ccs2)nc1.FC(F)(F)c1ccc(-c2[c-]ccs2)nc1.[Ir+3]. The smallest absolute Gasteiger partial charge is 0.318 e. The Morgan fingerprint density at radius 1 is 0.565 bits per heavy atom. The third-order valence-corrected chi connectivity index (χ3v) is 7.95. The van der Waals surface area contributed by atoms with E-state index in [1.807, 2.05) is 5.38 Å². The zero-order chi connectivity index (χ0) is 32.7. The monoisotopic (exact) mass is 875 g/mol. The molecule has 15 heteroatoms. The van der Waals surface area contributed by atoms with Gasteiger partial charge in [0.15, 0.2) is 0 Å². The minimum Gasteiger partial charge on any atom is -0.318 e. The Morgan fingerprint density at radius 2 is 1.00 bits per heavy atom. The molecule has 5 aromatic heterocycles. The van der Waals surface area contributed by atoms with Crippen molar-refractivity contribution in [2.45, 2.75) is 18.5 Å². The second kappa shape index (κ2) is 15.9. The van der Waals surface area contributed by atoms with E-state index < -0.39 is 35.2 Å². The van der Waals surface area contributed by atoms with Crippen molar-refractivity contribution in [1.29, 1.82) is 0 Å². The van der Waals surface area contributed by atoms with Crippen LogP contribution >= 0.6 is 34.0 Å². The Bertz CT molecular complexity index is 1630. The van der Waals surface area contributed by atoms with Crippen molar-refractivity contribution in [2.75, 3.05) is 0 Å². The summed E-state index contributed by atoms with van der Waals surface area (Å²) in [7, 11) is 0. The van der Waals surface area contributed by atoms with Crippen LogP contribution in [0, 0.1) is 24.3 Å². The van der Waals surface area contributed by atoms with Gasteiger partial charge in [-0.3, -0.25) is 0 Å². The molecule has 0 saturated carbocycles. The quantitative estimate of drug-likeness (QED) is 0.133. The summed E-state index contributed by atoms with van der Waals surface area (Å²) in [6.07, 6.45) is -5.25. The molecule has 0 aliphatic heterocycles. The zero-order valence-corrected chi connectivity index (χ0v) is 27.4. The van der Waals surface area contributed by atoms with Gasteiger partial charge in [0.1, 0.15) is 5.57 Å². The van der Waals surface area contributed by atoms with Gasteiger partial charge in [-0.15, -0.1) is 16.8 Å². The predicted molar refractivity (Wildman–Crippen MR) is 156 cm³/mol. The molecule has 6 rings (SSSR count). The third-order valence-electron chi connectivity index (χ3n) is 5.44. The number of nitrogens with zero attached hydrogens (tertiary/aromatic N) is 2. The topological polar surface area (TPSA) is 25.8 Å². The van der Waals surface area contributed by atoms with Crippen LogP contribution in [0.5, 0.6) is 0 Å². The van der Waals surface area contributed by atoms with Crippen molar-refractivity contribution < 1.29 is 59.6 Å². The van der Waals surface area contributed by atoms with E-state index in [9.17, 15) is 39.5 Å². The van der Waals surface area contributed by atoms with Crippen LogP contribution in [0.2, 0.25) is 0 Å². The summed E-state index contributed by atoms with van der Waals surface area (Å²) in [6, 6.07) is 18.6. The second-order valence-corrected chi connectivity index (χ2v) is 11.3. The van der Waals surface area contributed by atoms with Gasteiger partial charge in [-0.2, -0.15) is 81.2 Å². The minimum atomic E-state index is -4.33. The first-order valence-electron chi connectivity index (χ1n) is 12.2. The Kier molecular flexibility index (Phi) is 12.8. The first kappa shape index (κ1) is 37.0. The molecule has 0 unspecified atom stereocenters. The normalized spacial score (nSPS) is 12.7. The minimum absolute atomic E-state index is 0. The molecule has 5 aromatic rings. The molecule has 0 atom stereocenters. The van der Waals surface area contributed by atoms with Crippen molar-refractivity contribution in [3.8, 4) is 21.1 Å². The molecule has 0 spiro atoms. The molecule has 0 radical (unpaired) electrons. The Morgan fingerprint density at radius 3 is 1.28 bits per heavy atom. The fourth-order valence-electron chi connectivity index (χ4n) is 3.28. The molecule has 0 N–H and O–H groups in total. The molecule has 5 heterocycles. The van der Waals surface area contributed by atoms with Gasteiger partial charge in [0.05, 0.1) is 22.8 Å². The Hall–Kier alpha value is -3.45. The summed E-state index contributed by atoms with van der Waals surface area (Å²) in [5.41, 5.74) is -0.484. The molecule has 46 heavy (non-hydrogen) atoms. The molecule has 0 saturated heterocycles. The summed E-state index contributed by atoms with van der Waals surface area (Å²) >= 11 is 4.20. The van der Waals surface area contributed by atoms with E-state index in [0.717, 1.165) is 51.3 Å². The van der Waals surface area contributed by atoms with Crippen molar-refractivity contribution in [3.63, 3.8) is 0 Å². The summed E-state index contributed by atoms with van der Waals surface area (Å²) in [4.78, 5) is 9.77. The van der Waals surface area contributed by atoms with Crippen LogP contribution in [-0.2, 0) is 32.5 Å². The first-order chi connectivity index (χ1) is 21.2. The van der Waals surface area contributed by atoms with Crippen LogP contribution in [0.3, 0.4) is 0 Å². The Labute approximate surface area is 282 Å². The molecular weight excluding hydrogens is 860 g/mol. The van der Waals surface area contributed by atoms with E-state index >= 15 is 0 Å². The molecule has 2 nitrogen and oxygen atoms in total. The molecule has 1 aliphatic carbocycles. The number of hydrogen-bond donors (Lipinski definition) is 0. The fourth-order valence-corrected chi connectivity index (χ4v) is 5.24. The van der Waals surface area contributed by atoms with Gasteiger partial charge in [-0.25, -0.2) is 22.7 Å². The maximum absolute atomic E-state index is 12.2. The van der Waals surface area contributed by atoms with Gasteiger partial charge >= 0.3 is 38.6 Å². The van der Waals surface area contributed by atoms with E-state index in [0.29, 0.717) is 17.0 Å². The van der Waals surface area contributed by atoms with Gasteiger partial charge in [-0.05, 0) is 28.4 Å². The van der Waals surface area contributed by atoms with Crippen molar-refractivity contribution in [1.82, 2.24) is 9.97 Å².